The first-order valence-corrected chi connectivity index (χ1v) is 6.24. The maximum absolute atomic E-state index is 5.68. The van der Waals surface area contributed by atoms with E-state index in [0.29, 0.717) is 6.54 Å². The Kier molecular flexibility index (Phi) is 4.37. The van der Waals surface area contributed by atoms with Gasteiger partial charge < -0.3 is 10.5 Å². The molecule has 1 fully saturated rings. The smallest absolute Gasteiger partial charge is 0.0716 e. The lowest BCUT2D eigenvalue weighted by Gasteiger charge is -2.24. The van der Waals surface area contributed by atoms with Gasteiger partial charge in [0.1, 0.15) is 0 Å². The summed E-state index contributed by atoms with van der Waals surface area (Å²) in [4.78, 5) is 0. The Morgan fingerprint density at radius 3 is 2.75 bits per heavy atom. The first kappa shape index (κ1) is 11.6. The van der Waals surface area contributed by atoms with E-state index in [9.17, 15) is 0 Å². The number of rotatable bonds is 6. The highest BCUT2D eigenvalue weighted by Crippen LogP contribution is 2.29. The molecule has 0 spiro atoms. The number of nitrogens with two attached hydrogens (primary N) is 1. The third-order valence-electron chi connectivity index (χ3n) is 3.39. The second-order valence-electron chi connectivity index (χ2n) is 4.66. The Morgan fingerprint density at radius 2 is 2.06 bits per heavy atom. The molecule has 0 atom stereocenters. The summed E-state index contributed by atoms with van der Waals surface area (Å²) in [5.74, 6) is 0.940. The molecule has 0 aliphatic heterocycles. The molecule has 1 aliphatic carbocycles. The minimum absolute atomic E-state index is 0.607. The van der Waals surface area contributed by atoms with Crippen LogP contribution in [0, 0.1) is 5.92 Å². The van der Waals surface area contributed by atoms with Gasteiger partial charge in [-0.05, 0) is 23.5 Å². The van der Waals surface area contributed by atoms with E-state index in [0.717, 1.165) is 19.1 Å². The maximum Gasteiger partial charge on any atom is 0.0716 e. The summed E-state index contributed by atoms with van der Waals surface area (Å²) >= 11 is 0. The van der Waals surface area contributed by atoms with Crippen molar-refractivity contribution in [2.75, 3.05) is 6.61 Å². The largest absolute Gasteiger partial charge is 0.377 e. The lowest BCUT2D eigenvalue weighted by Crippen LogP contribution is -2.13. The van der Waals surface area contributed by atoms with Crippen molar-refractivity contribution in [2.45, 2.75) is 38.8 Å². The summed E-state index contributed by atoms with van der Waals surface area (Å²) < 4.78 is 5.68. The lowest BCUT2D eigenvalue weighted by atomic mass is 9.83. The van der Waals surface area contributed by atoms with Crippen LogP contribution in [-0.4, -0.2) is 6.61 Å². The van der Waals surface area contributed by atoms with Gasteiger partial charge >= 0.3 is 0 Å². The zero-order valence-electron chi connectivity index (χ0n) is 9.82. The zero-order chi connectivity index (χ0) is 11.2. The molecule has 16 heavy (non-hydrogen) atoms. The molecule has 0 heterocycles. The van der Waals surface area contributed by atoms with Gasteiger partial charge in [0.25, 0.3) is 0 Å². The Balaban J connectivity index is 1.67. The third-order valence-corrected chi connectivity index (χ3v) is 3.39. The van der Waals surface area contributed by atoms with E-state index in [1.807, 2.05) is 6.07 Å². The summed E-state index contributed by atoms with van der Waals surface area (Å²) in [6, 6.07) is 8.33. The fraction of sp³-hybridized carbons (Fsp3) is 0.571. The second kappa shape index (κ2) is 6.02. The van der Waals surface area contributed by atoms with Gasteiger partial charge in [-0.2, -0.15) is 0 Å². The van der Waals surface area contributed by atoms with Crippen LogP contribution in [0.25, 0.3) is 0 Å². The Hall–Kier alpha value is -0.860. The molecule has 2 rings (SSSR count). The van der Waals surface area contributed by atoms with Crippen LogP contribution in [0.5, 0.6) is 0 Å². The van der Waals surface area contributed by atoms with Gasteiger partial charge in [0.05, 0.1) is 6.61 Å². The van der Waals surface area contributed by atoms with Crippen LogP contribution in [0.4, 0.5) is 0 Å². The first-order valence-electron chi connectivity index (χ1n) is 6.24. The van der Waals surface area contributed by atoms with Crippen molar-refractivity contribution in [2.24, 2.45) is 11.7 Å². The molecule has 1 aromatic carbocycles. The molecule has 1 aromatic rings. The maximum atomic E-state index is 5.68. The summed E-state index contributed by atoms with van der Waals surface area (Å²) in [5, 5.41) is 0. The van der Waals surface area contributed by atoms with E-state index >= 15 is 0 Å². The monoisotopic (exact) mass is 219 g/mol. The van der Waals surface area contributed by atoms with E-state index in [1.54, 1.807) is 0 Å². The Morgan fingerprint density at radius 1 is 1.25 bits per heavy atom. The highest BCUT2D eigenvalue weighted by Gasteiger charge is 2.16. The highest BCUT2D eigenvalue weighted by atomic mass is 16.5. The molecule has 0 radical (unpaired) electrons. The molecule has 0 amide bonds. The summed E-state index contributed by atoms with van der Waals surface area (Å²) in [7, 11) is 0. The summed E-state index contributed by atoms with van der Waals surface area (Å²) in [6.45, 7) is 2.23. The van der Waals surface area contributed by atoms with Crippen LogP contribution < -0.4 is 5.73 Å². The zero-order valence-corrected chi connectivity index (χ0v) is 9.82. The van der Waals surface area contributed by atoms with Gasteiger partial charge in [-0.25, -0.2) is 0 Å². The van der Waals surface area contributed by atoms with Crippen molar-refractivity contribution in [1.29, 1.82) is 0 Å². The van der Waals surface area contributed by atoms with Gasteiger partial charge in [0, 0.05) is 13.2 Å². The fourth-order valence-electron chi connectivity index (χ4n) is 2.07. The number of hydrogen-bond donors (Lipinski definition) is 1. The molecule has 1 aliphatic rings. The second-order valence-corrected chi connectivity index (χ2v) is 4.66. The van der Waals surface area contributed by atoms with Gasteiger partial charge in [-0.1, -0.05) is 43.5 Å². The van der Waals surface area contributed by atoms with E-state index in [2.05, 4.69) is 18.2 Å². The number of hydrogen-bond acceptors (Lipinski definition) is 2. The predicted octanol–water partition coefficient (Wildman–Crippen LogP) is 2.85. The fourth-order valence-corrected chi connectivity index (χ4v) is 2.07. The van der Waals surface area contributed by atoms with Crippen molar-refractivity contribution in [3.05, 3.63) is 35.4 Å². The molecule has 88 valence electrons. The van der Waals surface area contributed by atoms with E-state index in [4.69, 9.17) is 10.5 Å². The molecule has 2 nitrogen and oxygen atoms in total. The van der Waals surface area contributed by atoms with Crippen LogP contribution in [0.2, 0.25) is 0 Å². The highest BCUT2D eigenvalue weighted by molar-refractivity contribution is 5.22. The van der Waals surface area contributed by atoms with Crippen molar-refractivity contribution in [3.8, 4) is 0 Å². The lowest BCUT2D eigenvalue weighted by molar-refractivity contribution is 0.0949. The van der Waals surface area contributed by atoms with Crippen LogP contribution in [0.3, 0.4) is 0 Å². The molecule has 2 N–H and O–H groups in total. The number of benzene rings is 1. The van der Waals surface area contributed by atoms with Gasteiger partial charge in [0.2, 0.25) is 0 Å². The predicted molar refractivity (Wildman–Crippen MR) is 65.9 cm³/mol. The van der Waals surface area contributed by atoms with Crippen molar-refractivity contribution in [1.82, 2.24) is 0 Å². The molecule has 1 saturated carbocycles. The minimum atomic E-state index is 0.607. The molecular formula is C14H21NO. The average Bonchev–Trinajstić information content (AvgIpc) is 2.27. The topological polar surface area (TPSA) is 35.2 Å². The Labute approximate surface area is 97.8 Å². The molecule has 2 heteroatoms. The van der Waals surface area contributed by atoms with E-state index < -0.39 is 0 Å². The van der Waals surface area contributed by atoms with Gasteiger partial charge in [-0.15, -0.1) is 0 Å². The first-order chi connectivity index (χ1) is 7.88. The Bertz CT molecular complexity index is 320. The summed E-state index contributed by atoms with van der Waals surface area (Å²) in [5.41, 5.74) is 8.01. The van der Waals surface area contributed by atoms with Crippen molar-refractivity contribution >= 4 is 0 Å². The molecule has 0 bridgehead atoms. The van der Waals surface area contributed by atoms with Gasteiger partial charge in [-0.3, -0.25) is 0 Å². The van der Waals surface area contributed by atoms with Crippen LogP contribution in [0.1, 0.15) is 36.8 Å². The quantitative estimate of drug-likeness (QED) is 0.747. The SMILES string of the molecule is NCc1cccc(COCCC2CCC2)c1. The van der Waals surface area contributed by atoms with Crippen molar-refractivity contribution in [3.63, 3.8) is 0 Å². The minimum Gasteiger partial charge on any atom is -0.377 e. The molecule has 0 saturated heterocycles. The number of ether oxygens (including phenoxy) is 1. The van der Waals surface area contributed by atoms with E-state index in [1.165, 1.54) is 36.8 Å². The standard InChI is InChI=1S/C14H21NO/c15-10-13-5-2-6-14(9-13)11-16-8-7-12-3-1-4-12/h2,5-6,9,12H,1,3-4,7-8,10-11,15H2. The normalized spacial score (nSPS) is 16.1. The molecular weight excluding hydrogens is 198 g/mol. The van der Waals surface area contributed by atoms with Crippen molar-refractivity contribution < 1.29 is 4.74 Å². The summed E-state index contributed by atoms with van der Waals surface area (Å²) in [6.07, 6.45) is 5.47. The van der Waals surface area contributed by atoms with E-state index in [-0.39, 0.29) is 0 Å². The van der Waals surface area contributed by atoms with Crippen LogP contribution in [-0.2, 0) is 17.9 Å². The van der Waals surface area contributed by atoms with Crippen LogP contribution >= 0.6 is 0 Å². The average molecular weight is 219 g/mol. The van der Waals surface area contributed by atoms with Gasteiger partial charge in [0.15, 0.2) is 0 Å². The van der Waals surface area contributed by atoms with Crippen LogP contribution in [0.15, 0.2) is 24.3 Å². The third kappa shape index (κ3) is 3.32. The molecule has 0 aromatic heterocycles. The molecule has 0 unspecified atom stereocenters.